The van der Waals surface area contributed by atoms with Crippen LogP contribution in [0.3, 0.4) is 0 Å². The lowest BCUT2D eigenvalue weighted by molar-refractivity contribution is -0.121. The van der Waals surface area contributed by atoms with Crippen LogP contribution in [-0.4, -0.2) is 30.2 Å². The molecule has 130 valence electrons. The molecule has 0 fully saturated rings. The maximum Gasteiger partial charge on any atom is 0.136 e. The summed E-state index contributed by atoms with van der Waals surface area (Å²) >= 11 is 4.12. The van der Waals surface area contributed by atoms with Gasteiger partial charge in [-0.3, -0.25) is 4.79 Å². The first kappa shape index (κ1) is 20.0. The molecule has 0 heterocycles. The lowest BCUT2D eigenvalue weighted by Crippen LogP contribution is -2.33. The number of hydrogen-bond donors (Lipinski definition) is 2. The summed E-state index contributed by atoms with van der Waals surface area (Å²) in [6.07, 6.45) is 0.701. The molecule has 0 saturated heterocycles. The van der Waals surface area contributed by atoms with Gasteiger partial charge in [0, 0.05) is 24.9 Å². The quantitative estimate of drug-likeness (QED) is 0.638. The highest BCUT2D eigenvalue weighted by molar-refractivity contribution is 7.80. The molecule has 1 N–H and O–H groups in total. The van der Waals surface area contributed by atoms with E-state index in [9.17, 15) is 9.18 Å². The number of ketones is 1. The largest absolute Gasteiger partial charge is 0.489 e. The zero-order valence-corrected chi connectivity index (χ0v) is 15.3. The summed E-state index contributed by atoms with van der Waals surface area (Å²) in [5.41, 5.74) is 0.520. The fourth-order valence-corrected chi connectivity index (χ4v) is 2.30. The van der Waals surface area contributed by atoms with Crippen molar-refractivity contribution >= 4 is 18.4 Å². The Hall–Kier alpha value is -1.07. The van der Waals surface area contributed by atoms with Gasteiger partial charge in [-0.15, -0.1) is 0 Å². The summed E-state index contributed by atoms with van der Waals surface area (Å²) in [5, 5.41) is 3.30. The molecule has 5 heteroatoms. The normalized spacial score (nSPS) is 13.9. The Morgan fingerprint density at radius 1 is 1.30 bits per heavy atom. The molecule has 2 atom stereocenters. The molecule has 0 aromatic heterocycles. The Labute approximate surface area is 144 Å². The predicted molar refractivity (Wildman–Crippen MR) is 96.0 cm³/mol. The van der Waals surface area contributed by atoms with Gasteiger partial charge in [-0.2, -0.15) is 12.6 Å². The molecule has 0 saturated carbocycles. The van der Waals surface area contributed by atoms with Crippen molar-refractivity contribution in [2.45, 2.75) is 52.7 Å². The lowest BCUT2D eigenvalue weighted by atomic mass is 10.0. The molecule has 2 unspecified atom stereocenters. The zero-order chi connectivity index (χ0) is 17.4. The molecule has 1 rings (SSSR count). The Morgan fingerprint density at radius 3 is 2.61 bits per heavy atom. The van der Waals surface area contributed by atoms with Crippen LogP contribution in [-0.2, 0) is 11.2 Å². The smallest absolute Gasteiger partial charge is 0.136 e. The topological polar surface area (TPSA) is 38.3 Å². The fraction of sp³-hybridized carbons (Fsp3) is 0.611. The first-order valence-electron chi connectivity index (χ1n) is 8.15. The minimum atomic E-state index is -0.295. The molecule has 0 amide bonds. The van der Waals surface area contributed by atoms with Gasteiger partial charge in [-0.25, -0.2) is 4.39 Å². The molecule has 23 heavy (non-hydrogen) atoms. The van der Waals surface area contributed by atoms with Crippen LogP contribution in [0.2, 0.25) is 0 Å². The number of carbonyl (C=O) groups excluding carboxylic acids is 1. The number of rotatable bonds is 10. The first-order valence-corrected chi connectivity index (χ1v) is 8.78. The maximum absolute atomic E-state index is 13.9. The monoisotopic (exact) mass is 341 g/mol. The summed E-state index contributed by atoms with van der Waals surface area (Å²) in [6.45, 7) is 8.68. The van der Waals surface area contributed by atoms with E-state index in [1.54, 1.807) is 12.1 Å². The van der Waals surface area contributed by atoms with Crippen LogP contribution in [0.5, 0.6) is 5.75 Å². The van der Waals surface area contributed by atoms with E-state index in [-0.39, 0.29) is 23.6 Å². The number of hydrogen-bond acceptors (Lipinski definition) is 4. The molecule has 0 radical (unpaired) electrons. The van der Waals surface area contributed by atoms with Crippen LogP contribution in [0.1, 0.15) is 39.7 Å². The third-order valence-electron chi connectivity index (χ3n) is 3.63. The number of thiol groups is 1. The van der Waals surface area contributed by atoms with Crippen molar-refractivity contribution in [3.05, 3.63) is 29.6 Å². The SMILES string of the molecule is CC(C)NCC(C)Oc1ccc(F)c(CCC(=O)C(C)CS)c1. The van der Waals surface area contributed by atoms with Crippen LogP contribution < -0.4 is 10.1 Å². The Kier molecular flexibility index (Phi) is 8.63. The van der Waals surface area contributed by atoms with Crippen molar-refractivity contribution in [3.63, 3.8) is 0 Å². The van der Waals surface area contributed by atoms with Gasteiger partial charge in [0.05, 0.1) is 0 Å². The minimum Gasteiger partial charge on any atom is -0.489 e. The number of aryl methyl sites for hydroxylation is 1. The second kappa shape index (κ2) is 9.93. The first-order chi connectivity index (χ1) is 10.8. The van der Waals surface area contributed by atoms with E-state index in [4.69, 9.17) is 4.74 Å². The summed E-state index contributed by atoms with van der Waals surface area (Å²) in [7, 11) is 0. The van der Waals surface area contributed by atoms with E-state index < -0.39 is 0 Å². The molecule has 3 nitrogen and oxygen atoms in total. The highest BCUT2D eigenvalue weighted by Crippen LogP contribution is 2.20. The van der Waals surface area contributed by atoms with E-state index in [1.807, 2.05) is 13.8 Å². The molecule has 0 spiro atoms. The fourth-order valence-electron chi connectivity index (χ4n) is 2.10. The molecule has 0 aliphatic heterocycles. The van der Waals surface area contributed by atoms with Crippen LogP contribution in [0, 0.1) is 11.7 Å². The van der Waals surface area contributed by atoms with Gasteiger partial charge in [0.25, 0.3) is 0 Å². The van der Waals surface area contributed by atoms with Gasteiger partial charge >= 0.3 is 0 Å². The van der Waals surface area contributed by atoms with E-state index >= 15 is 0 Å². The van der Waals surface area contributed by atoms with Gasteiger partial charge in [0.15, 0.2) is 0 Å². The van der Waals surface area contributed by atoms with E-state index in [0.717, 1.165) is 6.54 Å². The number of ether oxygens (including phenoxy) is 1. The summed E-state index contributed by atoms with van der Waals surface area (Å²) in [5.74, 6) is 0.874. The Balaban J connectivity index is 2.62. The van der Waals surface area contributed by atoms with Gasteiger partial charge < -0.3 is 10.1 Å². The third kappa shape index (κ3) is 7.36. The van der Waals surface area contributed by atoms with Crippen molar-refractivity contribution in [1.82, 2.24) is 5.32 Å². The standard InChI is InChI=1S/C18H28FNO2S/c1-12(2)20-10-14(4)22-16-6-7-17(19)15(9-16)5-8-18(21)13(3)11-23/h6-7,9,12-14,20,23H,5,8,10-11H2,1-4H3. The third-order valence-corrected chi connectivity index (χ3v) is 4.18. The van der Waals surface area contributed by atoms with Gasteiger partial charge in [-0.1, -0.05) is 20.8 Å². The second-order valence-corrected chi connectivity index (χ2v) is 6.66. The molecule has 0 bridgehead atoms. The van der Waals surface area contributed by atoms with Gasteiger partial charge in [0.1, 0.15) is 23.5 Å². The van der Waals surface area contributed by atoms with Crippen LogP contribution in [0.4, 0.5) is 4.39 Å². The van der Waals surface area contributed by atoms with E-state index in [0.29, 0.717) is 35.9 Å². The highest BCUT2D eigenvalue weighted by atomic mass is 32.1. The van der Waals surface area contributed by atoms with E-state index in [2.05, 4.69) is 31.8 Å². The summed E-state index contributed by atoms with van der Waals surface area (Å²) < 4.78 is 19.7. The van der Waals surface area contributed by atoms with Gasteiger partial charge in [-0.05, 0) is 42.9 Å². The molecular formula is C18H28FNO2S. The molecular weight excluding hydrogens is 313 g/mol. The number of benzene rings is 1. The summed E-state index contributed by atoms with van der Waals surface area (Å²) in [4.78, 5) is 11.9. The molecule has 1 aromatic carbocycles. The lowest BCUT2D eigenvalue weighted by Gasteiger charge is -2.18. The molecule has 0 aliphatic carbocycles. The van der Waals surface area contributed by atoms with E-state index in [1.165, 1.54) is 6.07 Å². The van der Waals surface area contributed by atoms with Crippen LogP contribution in [0.25, 0.3) is 0 Å². The summed E-state index contributed by atoms with van der Waals surface area (Å²) in [6, 6.07) is 5.12. The van der Waals surface area contributed by atoms with Crippen molar-refractivity contribution in [1.29, 1.82) is 0 Å². The number of nitrogens with one attached hydrogen (secondary N) is 1. The van der Waals surface area contributed by atoms with Crippen molar-refractivity contribution in [2.24, 2.45) is 5.92 Å². The molecule has 0 aliphatic rings. The second-order valence-electron chi connectivity index (χ2n) is 6.29. The molecule has 1 aromatic rings. The predicted octanol–water partition coefficient (Wildman–Crippen LogP) is 3.66. The highest BCUT2D eigenvalue weighted by Gasteiger charge is 2.13. The van der Waals surface area contributed by atoms with Gasteiger partial charge in [0.2, 0.25) is 0 Å². The van der Waals surface area contributed by atoms with Crippen molar-refractivity contribution in [2.75, 3.05) is 12.3 Å². The number of carbonyl (C=O) groups is 1. The maximum atomic E-state index is 13.9. The van der Waals surface area contributed by atoms with Crippen molar-refractivity contribution < 1.29 is 13.9 Å². The average Bonchev–Trinajstić information content (AvgIpc) is 2.52. The minimum absolute atomic E-state index is 0.0125. The number of Topliss-reactive ketones (excluding diaryl/α,β-unsaturated/α-hetero) is 1. The average molecular weight is 341 g/mol. The Morgan fingerprint density at radius 2 is 2.00 bits per heavy atom. The van der Waals surface area contributed by atoms with Crippen LogP contribution in [0.15, 0.2) is 18.2 Å². The van der Waals surface area contributed by atoms with Crippen molar-refractivity contribution in [3.8, 4) is 5.75 Å². The Bertz CT molecular complexity index is 508. The number of halogens is 1. The van der Waals surface area contributed by atoms with Crippen LogP contribution >= 0.6 is 12.6 Å². The zero-order valence-electron chi connectivity index (χ0n) is 14.4.